The van der Waals surface area contributed by atoms with Crippen molar-refractivity contribution in [1.82, 2.24) is 20.6 Å². The minimum atomic E-state index is -0.470. The molecule has 2 amide bonds. The van der Waals surface area contributed by atoms with Crippen LogP contribution in [0.3, 0.4) is 0 Å². The summed E-state index contributed by atoms with van der Waals surface area (Å²) in [6, 6.07) is 13.0. The van der Waals surface area contributed by atoms with Gasteiger partial charge in [-0.05, 0) is 62.2 Å². The average Bonchev–Trinajstić information content (AvgIpc) is 3.00. The maximum atomic E-state index is 13.1. The van der Waals surface area contributed by atoms with E-state index in [1.165, 1.54) is 12.1 Å². The fraction of sp³-hybridized carbons (Fsp3) is 0.190. The van der Waals surface area contributed by atoms with Crippen LogP contribution in [0.2, 0.25) is 0 Å². The van der Waals surface area contributed by atoms with E-state index in [-0.39, 0.29) is 5.82 Å². The number of hydrazine groups is 1. The maximum absolute atomic E-state index is 13.1. The predicted molar refractivity (Wildman–Crippen MR) is 104 cm³/mol. The first-order chi connectivity index (χ1) is 13.4. The van der Waals surface area contributed by atoms with E-state index in [0.29, 0.717) is 28.2 Å². The van der Waals surface area contributed by atoms with Crippen LogP contribution in [-0.2, 0) is 6.42 Å². The summed E-state index contributed by atoms with van der Waals surface area (Å²) in [5.41, 5.74) is 8.51. The largest absolute Gasteiger partial charge is 0.273 e. The Bertz CT molecular complexity index is 1010. The minimum absolute atomic E-state index is 0.349. The molecule has 28 heavy (non-hydrogen) atoms. The van der Waals surface area contributed by atoms with E-state index < -0.39 is 11.8 Å². The molecular weight excluding hydrogens is 359 g/mol. The zero-order valence-corrected chi connectivity index (χ0v) is 15.9. The highest BCUT2D eigenvalue weighted by Crippen LogP contribution is 2.18. The summed E-state index contributed by atoms with van der Waals surface area (Å²) >= 11 is 0. The van der Waals surface area contributed by atoms with Crippen LogP contribution in [0, 0.1) is 19.7 Å². The van der Waals surface area contributed by atoms with Crippen LogP contribution < -0.4 is 10.9 Å². The van der Waals surface area contributed by atoms with Gasteiger partial charge in [-0.25, -0.2) is 9.07 Å². The molecule has 1 heterocycles. The van der Waals surface area contributed by atoms with Crippen LogP contribution in [0.15, 0.2) is 48.5 Å². The van der Waals surface area contributed by atoms with Crippen molar-refractivity contribution in [3.8, 4) is 5.69 Å². The molecule has 0 fully saturated rings. The highest BCUT2D eigenvalue weighted by Gasteiger charge is 2.20. The zero-order valence-electron chi connectivity index (χ0n) is 15.9. The van der Waals surface area contributed by atoms with Gasteiger partial charge in [-0.15, -0.1) is 0 Å². The van der Waals surface area contributed by atoms with Crippen molar-refractivity contribution in [1.29, 1.82) is 0 Å². The molecule has 0 radical (unpaired) electrons. The molecule has 2 N–H and O–H groups in total. The lowest BCUT2D eigenvalue weighted by Crippen LogP contribution is -2.42. The quantitative estimate of drug-likeness (QED) is 0.682. The number of halogens is 1. The number of aromatic nitrogens is 2. The molecule has 3 rings (SSSR count). The summed E-state index contributed by atoms with van der Waals surface area (Å²) in [7, 11) is 0. The Labute approximate surface area is 162 Å². The minimum Gasteiger partial charge on any atom is -0.267 e. The first kappa shape index (κ1) is 19.3. The molecule has 6 nitrogen and oxygen atoms in total. The van der Waals surface area contributed by atoms with Gasteiger partial charge in [0.25, 0.3) is 11.8 Å². The van der Waals surface area contributed by atoms with Gasteiger partial charge >= 0.3 is 0 Å². The summed E-state index contributed by atoms with van der Waals surface area (Å²) in [4.78, 5) is 24.8. The van der Waals surface area contributed by atoms with Gasteiger partial charge in [-0.1, -0.05) is 19.1 Å². The van der Waals surface area contributed by atoms with E-state index in [1.807, 2.05) is 19.1 Å². The molecule has 0 aliphatic rings. The molecule has 0 aliphatic carbocycles. The van der Waals surface area contributed by atoms with Crippen molar-refractivity contribution in [2.45, 2.75) is 27.2 Å². The van der Waals surface area contributed by atoms with Gasteiger partial charge in [0.15, 0.2) is 0 Å². The molecule has 1 aromatic heterocycles. The van der Waals surface area contributed by atoms with Crippen LogP contribution in [0.25, 0.3) is 5.69 Å². The molecular formula is C21H21FN4O2. The number of hydrogen-bond acceptors (Lipinski definition) is 3. The van der Waals surface area contributed by atoms with Crippen molar-refractivity contribution in [3.05, 3.63) is 82.4 Å². The smallest absolute Gasteiger partial charge is 0.267 e. The van der Waals surface area contributed by atoms with Crippen LogP contribution in [-0.4, -0.2) is 21.6 Å². The number of carbonyl (C=O) groups excluding carboxylic acids is 2. The van der Waals surface area contributed by atoms with Gasteiger partial charge in [0.05, 0.1) is 22.6 Å². The lowest BCUT2D eigenvalue weighted by molar-refractivity contribution is 0.0846. The summed E-state index contributed by atoms with van der Waals surface area (Å²) < 4.78 is 14.7. The predicted octanol–water partition coefficient (Wildman–Crippen LogP) is 3.27. The van der Waals surface area contributed by atoms with E-state index in [4.69, 9.17) is 0 Å². The monoisotopic (exact) mass is 380 g/mol. The Morgan fingerprint density at radius 3 is 2.18 bits per heavy atom. The van der Waals surface area contributed by atoms with Gasteiger partial charge in [-0.3, -0.25) is 20.4 Å². The van der Waals surface area contributed by atoms with E-state index in [1.54, 1.807) is 42.8 Å². The second kappa shape index (κ2) is 8.04. The average molecular weight is 380 g/mol. The van der Waals surface area contributed by atoms with Gasteiger partial charge in [0.1, 0.15) is 5.82 Å². The molecule has 0 unspecified atom stereocenters. The van der Waals surface area contributed by atoms with E-state index >= 15 is 0 Å². The molecule has 144 valence electrons. The third kappa shape index (κ3) is 3.93. The number of hydrogen-bond donors (Lipinski definition) is 2. The zero-order chi connectivity index (χ0) is 20.3. The first-order valence-electron chi connectivity index (χ1n) is 8.92. The summed E-state index contributed by atoms with van der Waals surface area (Å²) in [6.45, 7) is 5.48. The number of nitrogens with one attached hydrogen (secondary N) is 2. The molecule has 7 heteroatoms. The number of rotatable bonds is 4. The number of benzene rings is 2. The Hall–Kier alpha value is -3.48. The summed E-state index contributed by atoms with van der Waals surface area (Å²) in [5, 5.41) is 4.36. The van der Waals surface area contributed by atoms with Crippen LogP contribution in [0.4, 0.5) is 4.39 Å². The Kier molecular flexibility index (Phi) is 5.54. The summed E-state index contributed by atoms with van der Waals surface area (Å²) in [5.74, 6) is -1.22. The van der Waals surface area contributed by atoms with E-state index in [2.05, 4.69) is 16.0 Å². The fourth-order valence-corrected chi connectivity index (χ4v) is 2.95. The molecule has 3 aromatic rings. The normalized spacial score (nSPS) is 10.6. The Balaban J connectivity index is 1.73. The number of nitrogens with zero attached hydrogens (tertiary/aromatic N) is 2. The lowest BCUT2D eigenvalue weighted by atomic mass is 10.1. The second-order valence-electron chi connectivity index (χ2n) is 6.39. The number of amides is 2. The van der Waals surface area contributed by atoms with Crippen molar-refractivity contribution < 1.29 is 14.0 Å². The van der Waals surface area contributed by atoms with E-state index in [0.717, 1.165) is 12.0 Å². The Morgan fingerprint density at radius 1 is 0.964 bits per heavy atom. The van der Waals surface area contributed by atoms with Crippen molar-refractivity contribution in [2.75, 3.05) is 0 Å². The van der Waals surface area contributed by atoms with Crippen LogP contribution >= 0.6 is 0 Å². The van der Waals surface area contributed by atoms with Gasteiger partial charge < -0.3 is 0 Å². The standard InChI is InChI=1S/C21H21FN4O2/c1-4-15-5-7-16(8-6-15)20(27)23-24-21(28)19-13(2)25-26(14(19)3)18-11-9-17(22)10-12-18/h5-12H,4H2,1-3H3,(H,23,27)(H,24,28). The molecule has 2 aromatic carbocycles. The fourth-order valence-electron chi connectivity index (χ4n) is 2.95. The molecule has 0 saturated carbocycles. The van der Waals surface area contributed by atoms with Crippen molar-refractivity contribution in [3.63, 3.8) is 0 Å². The summed E-state index contributed by atoms with van der Waals surface area (Å²) in [6.07, 6.45) is 0.884. The highest BCUT2D eigenvalue weighted by molar-refractivity contribution is 6.00. The van der Waals surface area contributed by atoms with Crippen molar-refractivity contribution >= 4 is 11.8 Å². The number of carbonyl (C=O) groups is 2. The molecule has 0 bridgehead atoms. The third-order valence-corrected chi connectivity index (χ3v) is 4.50. The topological polar surface area (TPSA) is 76.0 Å². The van der Waals surface area contributed by atoms with Crippen LogP contribution in [0.5, 0.6) is 0 Å². The van der Waals surface area contributed by atoms with E-state index in [9.17, 15) is 14.0 Å². The second-order valence-corrected chi connectivity index (χ2v) is 6.39. The highest BCUT2D eigenvalue weighted by atomic mass is 19.1. The maximum Gasteiger partial charge on any atom is 0.273 e. The van der Waals surface area contributed by atoms with Crippen LogP contribution in [0.1, 0.15) is 44.6 Å². The molecule has 0 atom stereocenters. The lowest BCUT2D eigenvalue weighted by Gasteiger charge is -2.09. The van der Waals surface area contributed by atoms with Gasteiger partial charge in [-0.2, -0.15) is 5.10 Å². The first-order valence-corrected chi connectivity index (χ1v) is 8.92. The third-order valence-electron chi connectivity index (χ3n) is 4.50. The van der Waals surface area contributed by atoms with Gasteiger partial charge in [0, 0.05) is 5.56 Å². The number of aryl methyl sites for hydroxylation is 2. The molecule has 0 spiro atoms. The Morgan fingerprint density at radius 2 is 1.57 bits per heavy atom. The molecule has 0 aliphatic heterocycles. The van der Waals surface area contributed by atoms with Gasteiger partial charge in [0.2, 0.25) is 0 Å². The van der Waals surface area contributed by atoms with Crippen molar-refractivity contribution in [2.24, 2.45) is 0 Å². The molecule has 0 saturated heterocycles. The SMILES string of the molecule is CCc1ccc(C(=O)NNC(=O)c2c(C)nn(-c3ccc(F)cc3)c2C)cc1.